The fourth-order valence-electron chi connectivity index (χ4n) is 2.79. The van der Waals surface area contributed by atoms with Gasteiger partial charge in [-0.2, -0.15) is 5.10 Å². The number of carbonyl (C=O) groups is 1. The van der Waals surface area contributed by atoms with E-state index in [-0.39, 0.29) is 12.0 Å². The lowest BCUT2D eigenvalue weighted by Gasteiger charge is -2.33. The Balaban J connectivity index is 1.72. The van der Waals surface area contributed by atoms with Gasteiger partial charge in [0.1, 0.15) is 11.9 Å². The normalized spacial score (nSPS) is 19.2. The number of nitrogens with one attached hydrogen (secondary N) is 1. The highest BCUT2D eigenvalue weighted by atomic mass is 16.5. The number of carbonyl (C=O) groups excluding carboxylic acids is 1. The van der Waals surface area contributed by atoms with Gasteiger partial charge >= 0.3 is 0 Å². The molecule has 0 spiro atoms. The SMILES string of the molecule is CCc1nc([C@@H]2CN(C(=O)[C@H](OC)c3ccccc3)CCO2)n[nH]1. The minimum absolute atomic E-state index is 0.0664. The van der Waals surface area contributed by atoms with Crippen molar-refractivity contribution < 1.29 is 14.3 Å². The zero-order valence-electron chi connectivity index (χ0n) is 13.9. The first-order valence-electron chi connectivity index (χ1n) is 8.12. The molecular weight excluding hydrogens is 308 g/mol. The highest BCUT2D eigenvalue weighted by molar-refractivity contribution is 5.82. The Labute approximate surface area is 141 Å². The number of methoxy groups -OCH3 is 1. The van der Waals surface area contributed by atoms with Crippen LogP contribution in [0.4, 0.5) is 0 Å². The summed E-state index contributed by atoms with van der Waals surface area (Å²) in [5, 5.41) is 7.08. The summed E-state index contributed by atoms with van der Waals surface area (Å²) in [7, 11) is 1.55. The van der Waals surface area contributed by atoms with Crippen LogP contribution in [0.5, 0.6) is 0 Å². The fraction of sp³-hybridized carbons (Fsp3) is 0.471. The molecule has 128 valence electrons. The molecule has 1 amide bonds. The molecule has 7 nitrogen and oxygen atoms in total. The van der Waals surface area contributed by atoms with Crippen LogP contribution < -0.4 is 0 Å². The van der Waals surface area contributed by atoms with Gasteiger partial charge < -0.3 is 14.4 Å². The van der Waals surface area contributed by atoms with E-state index >= 15 is 0 Å². The Kier molecular flexibility index (Phi) is 5.22. The zero-order chi connectivity index (χ0) is 16.9. The van der Waals surface area contributed by atoms with Crippen molar-refractivity contribution in [1.29, 1.82) is 0 Å². The Morgan fingerprint density at radius 1 is 1.46 bits per heavy atom. The third-order valence-corrected chi connectivity index (χ3v) is 4.11. The summed E-state index contributed by atoms with van der Waals surface area (Å²) in [6.07, 6.45) is -0.141. The van der Waals surface area contributed by atoms with Crippen molar-refractivity contribution in [3.63, 3.8) is 0 Å². The summed E-state index contributed by atoms with van der Waals surface area (Å²) in [5.41, 5.74) is 0.846. The second-order valence-corrected chi connectivity index (χ2v) is 5.66. The maximum atomic E-state index is 12.9. The molecule has 0 radical (unpaired) electrons. The van der Waals surface area contributed by atoms with E-state index in [2.05, 4.69) is 15.2 Å². The number of H-pyrrole nitrogens is 1. The quantitative estimate of drug-likeness (QED) is 0.902. The topological polar surface area (TPSA) is 80.3 Å². The molecule has 0 aliphatic carbocycles. The number of rotatable bonds is 5. The number of hydrogen-bond acceptors (Lipinski definition) is 5. The number of aryl methyl sites for hydroxylation is 1. The molecule has 24 heavy (non-hydrogen) atoms. The zero-order valence-corrected chi connectivity index (χ0v) is 13.9. The molecule has 2 heterocycles. The predicted molar refractivity (Wildman–Crippen MR) is 87.2 cm³/mol. The van der Waals surface area contributed by atoms with Crippen molar-refractivity contribution in [2.24, 2.45) is 0 Å². The van der Waals surface area contributed by atoms with Crippen molar-refractivity contribution in [3.8, 4) is 0 Å². The summed E-state index contributed by atoms with van der Waals surface area (Å²) in [4.78, 5) is 19.0. The van der Waals surface area contributed by atoms with E-state index in [1.165, 1.54) is 0 Å². The maximum absolute atomic E-state index is 12.9. The lowest BCUT2D eigenvalue weighted by molar-refractivity contribution is -0.150. The number of aromatic amines is 1. The Morgan fingerprint density at radius 2 is 2.25 bits per heavy atom. The van der Waals surface area contributed by atoms with Crippen LogP contribution >= 0.6 is 0 Å². The number of amides is 1. The first-order chi connectivity index (χ1) is 11.7. The van der Waals surface area contributed by atoms with Gasteiger partial charge in [0, 0.05) is 20.1 Å². The second kappa shape index (κ2) is 7.55. The van der Waals surface area contributed by atoms with Gasteiger partial charge in [-0.3, -0.25) is 9.89 Å². The molecule has 1 aromatic carbocycles. The monoisotopic (exact) mass is 330 g/mol. The lowest BCUT2D eigenvalue weighted by Crippen LogP contribution is -2.45. The molecule has 2 aromatic rings. The number of ether oxygens (including phenoxy) is 2. The average Bonchev–Trinajstić information content (AvgIpc) is 3.12. The van der Waals surface area contributed by atoms with Crippen LogP contribution in [0.25, 0.3) is 0 Å². The van der Waals surface area contributed by atoms with Crippen molar-refractivity contribution >= 4 is 5.91 Å². The van der Waals surface area contributed by atoms with Crippen LogP contribution in [0.2, 0.25) is 0 Å². The Bertz CT molecular complexity index is 673. The summed E-state index contributed by atoms with van der Waals surface area (Å²) < 4.78 is 11.2. The third-order valence-electron chi connectivity index (χ3n) is 4.11. The second-order valence-electron chi connectivity index (χ2n) is 5.66. The van der Waals surface area contributed by atoms with E-state index < -0.39 is 6.10 Å². The van der Waals surface area contributed by atoms with E-state index in [0.29, 0.717) is 25.5 Å². The predicted octanol–water partition coefficient (Wildman–Crippen LogP) is 1.65. The van der Waals surface area contributed by atoms with Gasteiger partial charge in [0.2, 0.25) is 0 Å². The molecule has 1 aromatic heterocycles. The van der Waals surface area contributed by atoms with Gasteiger partial charge in [0.05, 0.1) is 13.2 Å². The standard InChI is InChI=1S/C17H22N4O3/c1-3-14-18-16(20-19-14)13-11-21(9-10-24-13)17(22)15(23-2)12-7-5-4-6-8-12/h4-8,13,15H,3,9-11H2,1-2H3,(H,18,19,20)/t13-,15+/m0/s1. The minimum atomic E-state index is -0.608. The summed E-state index contributed by atoms with van der Waals surface area (Å²) in [6, 6.07) is 9.51. The third kappa shape index (κ3) is 3.47. The molecule has 1 saturated heterocycles. The van der Waals surface area contributed by atoms with E-state index in [9.17, 15) is 4.79 Å². The molecular formula is C17H22N4O3. The van der Waals surface area contributed by atoms with Crippen LogP contribution in [-0.4, -0.2) is 52.8 Å². The number of hydrogen-bond donors (Lipinski definition) is 1. The van der Waals surface area contributed by atoms with Gasteiger partial charge in [-0.15, -0.1) is 0 Å². The van der Waals surface area contributed by atoms with Crippen molar-refractivity contribution in [1.82, 2.24) is 20.1 Å². The van der Waals surface area contributed by atoms with E-state index in [4.69, 9.17) is 9.47 Å². The molecule has 2 atom stereocenters. The number of morpholine rings is 1. The largest absolute Gasteiger partial charge is 0.367 e. The van der Waals surface area contributed by atoms with Crippen molar-refractivity contribution in [3.05, 3.63) is 47.5 Å². The Hall–Kier alpha value is -2.25. The highest BCUT2D eigenvalue weighted by Gasteiger charge is 2.32. The van der Waals surface area contributed by atoms with Crippen LogP contribution in [0.3, 0.4) is 0 Å². The molecule has 0 saturated carbocycles. The van der Waals surface area contributed by atoms with Gasteiger partial charge in [-0.1, -0.05) is 37.3 Å². The number of nitrogens with zero attached hydrogens (tertiary/aromatic N) is 3. The summed E-state index contributed by atoms with van der Waals surface area (Å²) in [6.45, 7) is 3.42. The molecule has 3 rings (SSSR count). The van der Waals surface area contributed by atoms with Gasteiger partial charge in [-0.05, 0) is 5.56 Å². The summed E-state index contributed by atoms with van der Waals surface area (Å²) in [5.74, 6) is 1.34. The van der Waals surface area contributed by atoms with E-state index in [1.54, 1.807) is 12.0 Å². The van der Waals surface area contributed by atoms with E-state index in [1.807, 2.05) is 37.3 Å². The highest BCUT2D eigenvalue weighted by Crippen LogP contribution is 2.24. The molecule has 1 aliphatic rings. The molecule has 1 aliphatic heterocycles. The number of aromatic nitrogens is 3. The minimum Gasteiger partial charge on any atom is -0.367 e. The molecule has 1 fully saturated rings. The van der Waals surface area contributed by atoms with Gasteiger partial charge in [-0.25, -0.2) is 4.98 Å². The summed E-state index contributed by atoms with van der Waals surface area (Å²) >= 11 is 0. The van der Waals surface area contributed by atoms with Crippen LogP contribution in [0.15, 0.2) is 30.3 Å². The van der Waals surface area contributed by atoms with Gasteiger partial charge in [0.25, 0.3) is 5.91 Å². The van der Waals surface area contributed by atoms with Crippen molar-refractivity contribution in [2.45, 2.75) is 25.6 Å². The van der Waals surface area contributed by atoms with E-state index in [0.717, 1.165) is 17.8 Å². The molecule has 0 unspecified atom stereocenters. The fourth-order valence-corrected chi connectivity index (χ4v) is 2.79. The first kappa shape index (κ1) is 16.6. The van der Waals surface area contributed by atoms with Gasteiger partial charge in [0.15, 0.2) is 11.9 Å². The van der Waals surface area contributed by atoms with Crippen LogP contribution in [0, 0.1) is 0 Å². The Morgan fingerprint density at radius 3 is 2.92 bits per heavy atom. The van der Waals surface area contributed by atoms with Crippen LogP contribution in [-0.2, 0) is 20.7 Å². The lowest BCUT2D eigenvalue weighted by atomic mass is 10.1. The average molecular weight is 330 g/mol. The van der Waals surface area contributed by atoms with Crippen LogP contribution in [0.1, 0.15) is 36.3 Å². The molecule has 7 heteroatoms. The smallest absolute Gasteiger partial charge is 0.256 e. The van der Waals surface area contributed by atoms with Crippen molar-refractivity contribution in [2.75, 3.05) is 26.8 Å². The maximum Gasteiger partial charge on any atom is 0.256 e. The molecule has 0 bridgehead atoms. The molecule has 1 N–H and O–H groups in total. The number of benzene rings is 1. The first-order valence-corrected chi connectivity index (χ1v) is 8.12.